The maximum absolute atomic E-state index is 12.7. The average Bonchev–Trinajstić information content (AvgIpc) is 2.62. The molecule has 1 aromatic heterocycles. The zero-order valence-electron chi connectivity index (χ0n) is 14.2. The second-order valence-corrected chi connectivity index (χ2v) is 6.83. The van der Waals surface area contributed by atoms with Gasteiger partial charge < -0.3 is 4.90 Å². The van der Waals surface area contributed by atoms with E-state index in [1.54, 1.807) is 12.1 Å². The largest absolute Gasteiger partial charge is 0.419 e. The minimum atomic E-state index is -4.44. The topological polar surface area (TPSA) is 65.0 Å². The molecule has 1 aliphatic heterocycles. The first-order chi connectivity index (χ1) is 12.7. The Kier molecular flexibility index (Phi) is 5.52. The van der Waals surface area contributed by atoms with Crippen LogP contribution in [0, 0.1) is 10.1 Å². The van der Waals surface area contributed by atoms with Crippen LogP contribution in [0.3, 0.4) is 0 Å². The number of aromatic nitrogens is 1. The zero-order chi connectivity index (χ0) is 19.6. The molecule has 1 aromatic carbocycles. The Morgan fingerprint density at radius 2 is 1.85 bits per heavy atom. The summed E-state index contributed by atoms with van der Waals surface area (Å²) in [5, 5.41) is 10.7. The molecule has 2 N–H and O–H groups in total. The molecule has 0 radical (unpaired) electrons. The molecule has 0 saturated carbocycles. The third kappa shape index (κ3) is 4.67. The predicted molar refractivity (Wildman–Crippen MR) is 92.7 cm³/mol. The summed E-state index contributed by atoms with van der Waals surface area (Å²) in [6.07, 6.45) is -3.51. The predicted octanol–water partition coefficient (Wildman–Crippen LogP) is 1.99. The van der Waals surface area contributed by atoms with Crippen LogP contribution in [-0.2, 0) is 12.7 Å². The molecule has 1 aliphatic rings. The van der Waals surface area contributed by atoms with E-state index in [1.807, 2.05) is 4.90 Å². The van der Waals surface area contributed by atoms with Gasteiger partial charge in [-0.1, -0.05) is 11.6 Å². The Labute approximate surface area is 158 Å². The van der Waals surface area contributed by atoms with Crippen LogP contribution in [0.2, 0.25) is 5.02 Å². The zero-order valence-corrected chi connectivity index (χ0v) is 15.0. The molecule has 0 amide bonds. The molecule has 1 saturated heterocycles. The van der Waals surface area contributed by atoms with Crippen LogP contribution in [0.15, 0.2) is 36.5 Å². The van der Waals surface area contributed by atoms with Crippen LogP contribution in [-0.4, -0.2) is 31.1 Å². The normalized spacial score (nSPS) is 15.8. The molecule has 2 heterocycles. The maximum atomic E-state index is 12.7. The number of anilines is 1. The number of hydrogen-bond acceptors (Lipinski definition) is 3. The van der Waals surface area contributed by atoms with Crippen molar-refractivity contribution in [3.63, 3.8) is 0 Å². The van der Waals surface area contributed by atoms with E-state index in [0.29, 0.717) is 18.9 Å². The second kappa shape index (κ2) is 7.69. The maximum Gasteiger partial charge on any atom is 0.419 e. The minimum Gasteiger partial charge on any atom is -0.325 e. The van der Waals surface area contributed by atoms with Crippen molar-refractivity contribution in [2.45, 2.75) is 12.7 Å². The Morgan fingerprint density at radius 1 is 1.22 bits per heavy atom. The lowest BCUT2D eigenvalue weighted by Crippen LogP contribution is -3.13. The van der Waals surface area contributed by atoms with Gasteiger partial charge in [-0.15, -0.1) is 0 Å². The van der Waals surface area contributed by atoms with Gasteiger partial charge in [-0.05, 0) is 18.2 Å². The van der Waals surface area contributed by atoms with Crippen LogP contribution in [0.25, 0.3) is 0 Å². The third-order valence-electron chi connectivity index (χ3n) is 4.59. The summed E-state index contributed by atoms with van der Waals surface area (Å²) in [5.74, 6) is 0.485. The number of halogens is 4. The van der Waals surface area contributed by atoms with Crippen LogP contribution in [0.1, 0.15) is 11.1 Å². The highest BCUT2D eigenvalue weighted by molar-refractivity contribution is 6.32. The number of alkyl halides is 3. The van der Waals surface area contributed by atoms with E-state index in [9.17, 15) is 23.3 Å². The van der Waals surface area contributed by atoms with E-state index < -0.39 is 16.7 Å². The van der Waals surface area contributed by atoms with Crippen molar-refractivity contribution in [3.8, 4) is 0 Å². The van der Waals surface area contributed by atoms with E-state index >= 15 is 0 Å². The molecule has 0 atom stereocenters. The third-order valence-corrected chi connectivity index (χ3v) is 4.88. The number of rotatable bonds is 4. The van der Waals surface area contributed by atoms with Crippen LogP contribution < -0.4 is 14.8 Å². The monoisotopic (exact) mass is 402 g/mol. The van der Waals surface area contributed by atoms with E-state index in [-0.39, 0.29) is 10.7 Å². The van der Waals surface area contributed by atoms with E-state index in [4.69, 9.17) is 11.6 Å². The molecule has 2 aromatic rings. The highest BCUT2D eigenvalue weighted by Crippen LogP contribution is 2.32. The van der Waals surface area contributed by atoms with Crippen molar-refractivity contribution in [1.29, 1.82) is 0 Å². The van der Waals surface area contributed by atoms with Gasteiger partial charge in [0, 0.05) is 17.7 Å². The lowest BCUT2D eigenvalue weighted by Gasteiger charge is -2.28. The summed E-state index contributed by atoms with van der Waals surface area (Å²) in [6, 6.07) is 7.41. The summed E-state index contributed by atoms with van der Waals surface area (Å²) in [6.45, 7) is 3.58. The van der Waals surface area contributed by atoms with Crippen LogP contribution >= 0.6 is 11.6 Å². The molecular formula is C17H18ClF3N4O2+2. The first-order valence-corrected chi connectivity index (χ1v) is 8.72. The average molecular weight is 403 g/mol. The number of pyridine rings is 1. The molecule has 0 aliphatic carbocycles. The summed E-state index contributed by atoms with van der Waals surface area (Å²) in [7, 11) is 0. The number of H-pyrrole nitrogens is 1. The van der Waals surface area contributed by atoms with E-state index in [0.717, 1.165) is 37.5 Å². The molecule has 0 spiro atoms. The number of hydrogen-bond donors (Lipinski definition) is 1. The number of quaternary nitrogens is 1. The van der Waals surface area contributed by atoms with Gasteiger partial charge in [0.2, 0.25) is 0 Å². The SMILES string of the molecule is O=[N+]([O-])c1ccc(C[NH+]2CCN(c3[nH+]cc(C(F)(F)F)cc3Cl)CC2)cc1. The minimum absolute atomic E-state index is 0.0450. The Bertz CT molecular complexity index is 822. The number of nitro benzene ring substituents is 1. The molecule has 0 unspecified atom stereocenters. The molecule has 1 fully saturated rings. The standard InChI is InChI=1S/C17H16ClF3N4O2/c18-15-9-13(17(19,20)21)10-22-16(15)24-7-5-23(6-8-24)11-12-1-3-14(4-2-12)25(26)27/h1-4,9-10H,5-8,11H2/p+2. The van der Waals surface area contributed by atoms with Gasteiger partial charge in [0.1, 0.15) is 43.9 Å². The highest BCUT2D eigenvalue weighted by atomic mass is 35.5. The van der Waals surface area contributed by atoms with Crippen molar-refractivity contribution in [2.24, 2.45) is 0 Å². The highest BCUT2D eigenvalue weighted by Gasteiger charge is 2.35. The number of nitrogens with one attached hydrogen (secondary N) is 2. The number of nitro groups is 1. The molecule has 27 heavy (non-hydrogen) atoms. The molecule has 10 heteroatoms. The Hall–Kier alpha value is -2.39. The fourth-order valence-corrected chi connectivity index (χ4v) is 3.41. The van der Waals surface area contributed by atoms with Crippen LogP contribution in [0.4, 0.5) is 24.7 Å². The molecule has 144 valence electrons. The second-order valence-electron chi connectivity index (χ2n) is 6.42. The van der Waals surface area contributed by atoms with Crippen molar-refractivity contribution in [2.75, 3.05) is 31.1 Å². The first kappa shape index (κ1) is 19.4. The summed E-state index contributed by atoms with van der Waals surface area (Å²) >= 11 is 6.04. The van der Waals surface area contributed by atoms with Gasteiger partial charge in [-0.25, -0.2) is 9.88 Å². The van der Waals surface area contributed by atoms with Gasteiger partial charge in [0.15, 0.2) is 0 Å². The lowest BCUT2D eigenvalue weighted by atomic mass is 10.2. The van der Waals surface area contributed by atoms with Crippen molar-refractivity contribution < 1.29 is 28.0 Å². The number of non-ortho nitro benzene ring substituents is 1. The van der Waals surface area contributed by atoms with Crippen molar-refractivity contribution in [3.05, 3.63) is 62.8 Å². The molecule has 0 bridgehead atoms. The van der Waals surface area contributed by atoms with Crippen molar-refractivity contribution in [1.82, 2.24) is 0 Å². The summed E-state index contributed by atoms with van der Waals surface area (Å²) in [4.78, 5) is 16.2. The Balaban J connectivity index is 1.59. The molecule has 6 nitrogen and oxygen atoms in total. The van der Waals surface area contributed by atoms with Gasteiger partial charge in [-0.2, -0.15) is 13.2 Å². The Morgan fingerprint density at radius 3 is 2.37 bits per heavy atom. The molecular weight excluding hydrogens is 385 g/mol. The van der Waals surface area contributed by atoms with E-state index in [2.05, 4.69) is 4.98 Å². The number of nitrogens with zero attached hydrogens (tertiary/aromatic N) is 2. The summed E-state index contributed by atoms with van der Waals surface area (Å²) < 4.78 is 38.2. The fourth-order valence-electron chi connectivity index (χ4n) is 3.12. The van der Waals surface area contributed by atoms with E-state index in [1.165, 1.54) is 17.0 Å². The molecule has 3 rings (SSSR count). The number of benzene rings is 1. The van der Waals surface area contributed by atoms with Gasteiger partial charge in [0.05, 0.1) is 10.5 Å². The van der Waals surface area contributed by atoms with Gasteiger partial charge in [0.25, 0.3) is 11.5 Å². The lowest BCUT2D eigenvalue weighted by molar-refractivity contribution is -0.914. The fraction of sp³-hybridized carbons (Fsp3) is 0.353. The van der Waals surface area contributed by atoms with Gasteiger partial charge in [-0.3, -0.25) is 10.1 Å². The van der Waals surface area contributed by atoms with Crippen LogP contribution in [0.5, 0.6) is 0 Å². The number of aromatic amines is 1. The van der Waals surface area contributed by atoms with Gasteiger partial charge >= 0.3 is 6.18 Å². The summed E-state index contributed by atoms with van der Waals surface area (Å²) in [5.41, 5.74) is 0.257. The first-order valence-electron chi connectivity index (χ1n) is 8.34. The smallest absolute Gasteiger partial charge is 0.325 e. The van der Waals surface area contributed by atoms with Crippen molar-refractivity contribution >= 4 is 23.1 Å². The number of piperazine rings is 1. The quantitative estimate of drug-likeness (QED) is 0.628.